The van der Waals surface area contributed by atoms with Gasteiger partial charge in [-0.15, -0.1) is 0 Å². The summed E-state index contributed by atoms with van der Waals surface area (Å²) in [6.07, 6.45) is 2.09. The van der Waals surface area contributed by atoms with Crippen molar-refractivity contribution in [3.05, 3.63) is 71.3 Å². The molecule has 0 atom stereocenters. The third-order valence-electron chi connectivity index (χ3n) is 4.60. The number of nitrogens with one attached hydrogen (secondary N) is 1. The lowest BCUT2D eigenvalue weighted by atomic mass is 10.0. The van der Waals surface area contributed by atoms with Crippen LogP contribution in [0.5, 0.6) is 5.75 Å². The number of ether oxygens (including phenoxy) is 1. The Kier molecular flexibility index (Phi) is 4.05. The highest BCUT2D eigenvalue weighted by atomic mass is 16.5. The second-order valence-electron chi connectivity index (χ2n) is 6.35. The molecule has 0 saturated heterocycles. The SMILES string of the molecule is NC(=O)COc1cccc(C(=O)Nc2ccc3c4c(cccc24)CC3)c1. The zero-order chi connectivity index (χ0) is 18.1. The van der Waals surface area contributed by atoms with Gasteiger partial charge >= 0.3 is 0 Å². The quantitative estimate of drug-likeness (QED) is 0.745. The molecule has 0 aliphatic heterocycles. The maximum atomic E-state index is 12.7. The van der Waals surface area contributed by atoms with Crippen LogP contribution < -0.4 is 15.8 Å². The Balaban J connectivity index is 1.61. The number of hydrogen-bond donors (Lipinski definition) is 2. The van der Waals surface area contributed by atoms with Gasteiger partial charge in [-0.05, 0) is 53.6 Å². The van der Waals surface area contributed by atoms with Gasteiger partial charge in [0.2, 0.25) is 0 Å². The number of benzene rings is 3. The summed E-state index contributed by atoms with van der Waals surface area (Å²) in [7, 11) is 0. The van der Waals surface area contributed by atoms with Crippen LogP contribution in [0.4, 0.5) is 5.69 Å². The molecule has 0 spiro atoms. The molecule has 26 heavy (non-hydrogen) atoms. The van der Waals surface area contributed by atoms with Crippen LogP contribution in [-0.4, -0.2) is 18.4 Å². The summed E-state index contributed by atoms with van der Waals surface area (Å²) in [4.78, 5) is 23.5. The number of anilines is 1. The predicted octanol–water partition coefficient (Wildman–Crippen LogP) is 3.05. The molecule has 5 nitrogen and oxygen atoms in total. The molecule has 3 N–H and O–H groups in total. The standard InChI is InChI=1S/C21H18N2O3/c22-19(24)12-26-16-5-1-4-15(11-16)21(25)23-18-10-9-14-8-7-13-3-2-6-17(18)20(13)14/h1-6,9-11H,7-8,12H2,(H2,22,24)(H,23,25). The van der Waals surface area contributed by atoms with E-state index < -0.39 is 5.91 Å². The molecule has 0 saturated carbocycles. The van der Waals surface area contributed by atoms with Gasteiger partial charge in [0.05, 0.1) is 0 Å². The molecule has 1 aliphatic carbocycles. The second kappa shape index (κ2) is 6.52. The van der Waals surface area contributed by atoms with E-state index in [2.05, 4.69) is 17.4 Å². The lowest BCUT2D eigenvalue weighted by Crippen LogP contribution is -2.20. The Morgan fingerprint density at radius 3 is 2.58 bits per heavy atom. The van der Waals surface area contributed by atoms with E-state index in [0.29, 0.717) is 11.3 Å². The number of rotatable bonds is 5. The molecule has 2 amide bonds. The molecule has 1 aliphatic rings. The van der Waals surface area contributed by atoms with Crippen LogP contribution in [0.3, 0.4) is 0 Å². The van der Waals surface area contributed by atoms with E-state index in [1.54, 1.807) is 24.3 Å². The largest absolute Gasteiger partial charge is 0.484 e. The normalized spacial score (nSPS) is 12.2. The van der Waals surface area contributed by atoms with Crippen LogP contribution in [0.15, 0.2) is 54.6 Å². The number of carbonyl (C=O) groups is 2. The molecule has 0 heterocycles. The summed E-state index contributed by atoms with van der Waals surface area (Å²) in [5, 5.41) is 5.30. The molecule has 3 aromatic rings. The van der Waals surface area contributed by atoms with Gasteiger partial charge in [0.1, 0.15) is 5.75 Å². The molecule has 0 radical (unpaired) electrons. The average Bonchev–Trinajstić information content (AvgIpc) is 3.07. The van der Waals surface area contributed by atoms with Crippen molar-refractivity contribution in [3.8, 4) is 5.75 Å². The summed E-state index contributed by atoms with van der Waals surface area (Å²) in [6.45, 7) is -0.222. The van der Waals surface area contributed by atoms with Gasteiger partial charge < -0.3 is 15.8 Å². The van der Waals surface area contributed by atoms with Gasteiger partial charge in [-0.3, -0.25) is 9.59 Å². The zero-order valence-electron chi connectivity index (χ0n) is 14.1. The topological polar surface area (TPSA) is 81.4 Å². The highest BCUT2D eigenvalue weighted by molar-refractivity contribution is 6.10. The van der Waals surface area contributed by atoms with Crippen molar-refractivity contribution in [1.29, 1.82) is 0 Å². The van der Waals surface area contributed by atoms with Crippen molar-refractivity contribution in [2.24, 2.45) is 5.73 Å². The predicted molar refractivity (Wildman–Crippen MR) is 100 cm³/mol. The Morgan fingerprint density at radius 2 is 1.77 bits per heavy atom. The minimum absolute atomic E-state index is 0.222. The van der Waals surface area contributed by atoms with Crippen molar-refractivity contribution < 1.29 is 14.3 Å². The van der Waals surface area contributed by atoms with Crippen molar-refractivity contribution in [3.63, 3.8) is 0 Å². The number of hydrogen-bond acceptors (Lipinski definition) is 3. The first-order valence-corrected chi connectivity index (χ1v) is 8.48. The highest BCUT2D eigenvalue weighted by Gasteiger charge is 2.17. The summed E-state index contributed by atoms with van der Waals surface area (Å²) in [6, 6.07) is 16.9. The fraction of sp³-hybridized carbons (Fsp3) is 0.143. The Labute approximate surface area is 150 Å². The zero-order valence-corrected chi connectivity index (χ0v) is 14.1. The Hall–Kier alpha value is -3.34. The fourth-order valence-electron chi connectivity index (χ4n) is 3.43. The number of nitrogens with two attached hydrogens (primary N) is 1. The third kappa shape index (κ3) is 2.99. The van der Waals surface area contributed by atoms with E-state index in [-0.39, 0.29) is 12.5 Å². The molecule has 0 unspecified atom stereocenters. The average molecular weight is 346 g/mol. The molecule has 130 valence electrons. The molecule has 5 heteroatoms. The van der Waals surface area contributed by atoms with E-state index in [4.69, 9.17) is 10.5 Å². The number of aryl methyl sites for hydroxylation is 2. The summed E-state index contributed by atoms with van der Waals surface area (Å²) >= 11 is 0. The third-order valence-corrected chi connectivity index (χ3v) is 4.60. The van der Waals surface area contributed by atoms with Gasteiger partial charge in [0, 0.05) is 16.6 Å². The molecule has 0 aromatic heterocycles. The van der Waals surface area contributed by atoms with E-state index in [9.17, 15) is 9.59 Å². The highest BCUT2D eigenvalue weighted by Crippen LogP contribution is 2.35. The van der Waals surface area contributed by atoms with Crippen molar-refractivity contribution in [2.75, 3.05) is 11.9 Å². The minimum atomic E-state index is -0.562. The van der Waals surface area contributed by atoms with E-state index >= 15 is 0 Å². The van der Waals surface area contributed by atoms with Crippen molar-refractivity contribution in [2.45, 2.75) is 12.8 Å². The van der Waals surface area contributed by atoms with Gasteiger partial charge in [-0.1, -0.05) is 30.3 Å². The maximum Gasteiger partial charge on any atom is 0.255 e. The van der Waals surface area contributed by atoms with Gasteiger partial charge in [-0.25, -0.2) is 0 Å². The minimum Gasteiger partial charge on any atom is -0.484 e. The first kappa shape index (κ1) is 16.1. The van der Waals surface area contributed by atoms with Gasteiger partial charge in [0.15, 0.2) is 6.61 Å². The van der Waals surface area contributed by atoms with Crippen molar-refractivity contribution in [1.82, 2.24) is 0 Å². The van der Waals surface area contributed by atoms with Crippen LogP contribution in [0.2, 0.25) is 0 Å². The van der Waals surface area contributed by atoms with Crippen LogP contribution >= 0.6 is 0 Å². The first-order valence-electron chi connectivity index (χ1n) is 8.48. The Morgan fingerprint density at radius 1 is 1.00 bits per heavy atom. The molecule has 0 fully saturated rings. The lowest BCUT2D eigenvalue weighted by molar-refractivity contribution is -0.119. The van der Waals surface area contributed by atoms with Crippen molar-refractivity contribution >= 4 is 28.3 Å². The summed E-state index contributed by atoms with van der Waals surface area (Å²) < 4.78 is 5.26. The number of amides is 2. The van der Waals surface area contributed by atoms with E-state index in [1.165, 1.54) is 16.5 Å². The first-order chi connectivity index (χ1) is 12.6. The van der Waals surface area contributed by atoms with Crippen LogP contribution in [0, 0.1) is 0 Å². The summed E-state index contributed by atoms with van der Waals surface area (Å²) in [5.74, 6) is -0.363. The summed E-state index contributed by atoms with van der Waals surface area (Å²) in [5.41, 5.74) is 8.98. The van der Waals surface area contributed by atoms with Crippen LogP contribution in [0.25, 0.3) is 10.8 Å². The number of carbonyl (C=O) groups excluding carboxylic acids is 2. The maximum absolute atomic E-state index is 12.7. The Bertz CT molecular complexity index is 1020. The van der Waals surface area contributed by atoms with Crippen LogP contribution in [-0.2, 0) is 17.6 Å². The van der Waals surface area contributed by atoms with E-state index in [1.807, 2.05) is 18.2 Å². The molecular formula is C21H18N2O3. The smallest absolute Gasteiger partial charge is 0.255 e. The number of primary amides is 1. The second-order valence-corrected chi connectivity index (χ2v) is 6.35. The van der Waals surface area contributed by atoms with Gasteiger partial charge in [0.25, 0.3) is 11.8 Å². The van der Waals surface area contributed by atoms with E-state index in [0.717, 1.165) is 23.9 Å². The molecule has 4 rings (SSSR count). The monoisotopic (exact) mass is 346 g/mol. The van der Waals surface area contributed by atoms with Crippen LogP contribution in [0.1, 0.15) is 21.5 Å². The molecule has 3 aromatic carbocycles. The van der Waals surface area contributed by atoms with Gasteiger partial charge in [-0.2, -0.15) is 0 Å². The molecule has 0 bridgehead atoms. The molecular weight excluding hydrogens is 328 g/mol. The lowest BCUT2D eigenvalue weighted by Gasteiger charge is -2.11. The fourth-order valence-corrected chi connectivity index (χ4v) is 3.43.